The Bertz CT molecular complexity index is 1150. The summed E-state index contributed by atoms with van der Waals surface area (Å²) in [4.78, 5) is 38.8. The van der Waals surface area contributed by atoms with Crippen molar-refractivity contribution < 1.29 is 38.1 Å². The number of carboxylic acid groups (broad SMARTS) is 1. The third kappa shape index (κ3) is 5.90. The van der Waals surface area contributed by atoms with Gasteiger partial charge in [-0.3, -0.25) is 9.59 Å². The molecule has 7 nitrogen and oxygen atoms in total. The van der Waals surface area contributed by atoms with Gasteiger partial charge in [-0.15, -0.1) is 0 Å². The van der Waals surface area contributed by atoms with Crippen LogP contribution in [-0.4, -0.2) is 52.5 Å². The fourth-order valence-corrected chi connectivity index (χ4v) is 4.62. The summed E-state index contributed by atoms with van der Waals surface area (Å²) in [6.07, 6.45) is -2.14. The zero-order valence-electron chi connectivity index (χ0n) is 20.8. The Morgan fingerprint density at radius 3 is 2.33 bits per heavy atom. The maximum Gasteiger partial charge on any atom is 0.332 e. The number of nitrogens with zero attached hydrogens (tertiary/aromatic N) is 1. The molecule has 3 rings (SSSR count). The predicted octanol–water partition coefficient (Wildman–Crippen LogP) is 3.73. The second kappa shape index (κ2) is 10.7. The van der Waals surface area contributed by atoms with Gasteiger partial charge in [-0.05, 0) is 59.2 Å². The fourth-order valence-electron chi connectivity index (χ4n) is 4.62. The maximum absolute atomic E-state index is 14.8. The number of fused-ring (bicyclic) bond motifs is 1. The number of hydrogen-bond acceptors (Lipinski definition) is 5. The molecule has 1 aliphatic heterocycles. The van der Waals surface area contributed by atoms with Crippen molar-refractivity contribution in [1.29, 1.82) is 0 Å². The zero-order chi connectivity index (χ0) is 26.8. The lowest BCUT2D eigenvalue weighted by atomic mass is 9.84. The number of halogens is 2. The van der Waals surface area contributed by atoms with Gasteiger partial charge < -0.3 is 19.8 Å². The van der Waals surface area contributed by atoms with Crippen LogP contribution in [0.1, 0.15) is 61.9 Å². The zero-order valence-corrected chi connectivity index (χ0v) is 20.8. The molecule has 0 spiro atoms. The second-order valence-electron chi connectivity index (χ2n) is 10.0. The Morgan fingerprint density at radius 2 is 1.78 bits per heavy atom. The molecule has 36 heavy (non-hydrogen) atoms. The highest BCUT2D eigenvalue weighted by Crippen LogP contribution is 2.35. The number of rotatable bonds is 8. The lowest BCUT2D eigenvalue weighted by molar-refractivity contribution is -0.148. The first-order valence-electron chi connectivity index (χ1n) is 11.7. The molecule has 1 amide bonds. The maximum atomic E-state index is 14.8. The average Bonchev–Trinajstić information content (AvgIpc) is 2.79. The number of hydrogen-bond donors (Lipinski definition) is 2. The Morgan fingerprint density at radius 1 is 1.14 bits per heavy atom. The third-order valence-electron chi connectivity index (χ3n) is 6.35. The van der Waals surface area contributed by atoms with Crippen molar-refractivity contribution in [2.75, 3.05) is 13.7 Å². The number of methoxy groups -OCH3 is 1. The van der Waals surface area contributed by atoms with Gasteiger partial charge in [0.1, 0.15) is 23.4 Å². The molecular formula is C27H31F2NO6. The van der Waals surface area contributed by atoms with Gasteiger partial charge in [-0.25, -0.2) is 13.6 Å². The van der Waals surface area contributed by atoms with Crippen LogP contribution in [0.2, 0.25) is 0 Å². The summed E-state index contributed by atoms with van der Waals surface area (Å²) in [6.45, 7) is 5.26. The standard InChI is InChI=1S/C27H31F2NO6/c1-27(2,3)24-19(28)11-15(12-20(24)29)13-22(32)25-18-6-5-17(36-4)14-16(18)9-10-30(25)23(33)8-7-21(31)26(34)35/h5-6,11-12,14,21,25,31H,7-10,13H2,1-4H3,(H,34,35)/t21-,25+/m0/s1. The lowest BCUT2D eigenvalue weighted by Crippen LogP contribution is -2.44. The van der Waals surface area contributed by atoms with Gasteiger partial charge in [-0.2, -0.15) is 0 Å². The van der Waals surface area contributed by atoms with Gasteiger partial charge in [0.15, 0.2) is 11.9 Å². The van der Waals surface area contributed by atoms with Gasteiger partial charge in [0, 0.05) is 24.9 Å². The average molecular weight is 504 g/mol. The van der Waals surface area contributed by atoms with Crippen LogP contribution in [0.4, 0.5) is 8.78 Å². The molecule has 0 unspecified atom stereocenters. The molecule has 2 N–H and O–H groups in total. The molecule has 194 valence electrons. The van der Waals surface area contributed by atoms with E-state index >= 15 is 0 Å². The first-order chi connectivity index (χ1) is 16.8. The van der Waals surface area contributed by atoms with E-state index in [-0.39, 0.29) is 36.9 Å². The van der Waals surface area contributed by atoms with E-state index in [0.717, 1.165) is 17.7 Å². The SMILES string of the molecule is COc1ccc2c(c1)CCN(C(=O)CC[C@H](O)C(=O)O)[C@H]2C(=O)Cc1cc(F)c(C(C)(C)C)c(F)c1. The molecule has 1 heterocycles. The summed E-state index contributed by atoms with van der Waals surface area (Å²) >= 11 is 0. The summed E-state index contributed by atoms with van der Waals surface area (Å²) < 4.78 is 34.8. The topological polar surface area (TPSA) is 104 Å². The minimum absolute atomic E-state index is 0.0670. The Balaban J connectivity index is 1.94. The van der Waals surface area contributed by atoms with Crippen molar-refractivity contribution in [3.8, 4) is 5.75 Å². The molecule has 0 saturated carbocycles. The summed E-state index contributed by atoms with van der Waals surface area (Å²) in [7, 11) is 1.51. The van der Waals surface area contributed by atoms with Crippen molar-refractivity contribution in [2.24, 2.45) is 0 Å². The minimum atomic E-state index is -1.70. The molecule has 1 aliphatic rings. The summed E-state index contributed by atoms with van der Waals surface area (Å²) in [5.74, 6) is -3.25. The number of ether oxygens (including phenoxy) is 1. The van der Waals surface area contributed by atoms with Crippen LogP contribution in [0.5, 0.6) is 5.75 Å². The largest absolute Gasteiger partial charge is 0.497 e. The number of carbonyl (C=O) groups excluding carboxylic acids is 2. The highest BCUT2D eigenvalue weighted by Gasteiger charge is 2.36. The highest BCUT2D eigenvalue weighted by molar-refractivity contribution is 5.92. The molecule has 0 bridgehead atoms. The number of aliphatic carboxylic acids is 1. The molecular weight excluding hydrogens is 472 g/mol. The third-order valence-corrected chi connectivity index (χ3v) is 6.35. The molecule has 9 heteroatoms. The molecule has 0 aliphatic carbocycles. The second-order valence-corrected chi connectivity index (χ2v) is 10.0. The van der Waals surface area contributed by atoms with E-state index in [1.54, 1.807) is 39.0 Å². The minimum Gasteiger partial charge on any atom is -0.497 e. The molecule has 0 aromatic heterocycles. The smallest absolute Gasteiger partial charge is 0.332 e. The van der Waals surface area contributed by atoms with E-state index in [0.29, 0.717) is 17.7 Å². The van der Waals surface area contributed by atoms with Gasteiger partial charge in [0.25, 0.3) is 0 Å². The molecule has 0 radical (unpaired) electrons. The molecule has 0 saturated heterocycles. The number of carboxylic acids is 1. The summed E-state index contributed by atoms with van der Waals surface area (Å²) in [5.41, 5.74) is 0.705. The van der Waals surface area contributed by atoms with E-state index in [9.17, 15) is 28.3 Å². The van der Waals surface area contributed by atoms with E-state index in [1.807, 2.05) is 0 Å². The van der Waals surface area contributed by atoms with Gasteiger partial charge in [0.2, 0.25) is 5.91 Å². The normalized spacial score (nSPS) is 16.3. The van der Waals surface area contributed by atoms with Crippen molar-refractivity contribution in [1.82, 2.24) is 4.90 Å². The Kier molecular flexibility index (Phi) is 8.13. The summed E-state index contributed by atoms with van der Waals surface area (Å²) in [6, 6.07) is 6.40. The van der Waals surface area contributed by atoms with Crippen LogP contribution < -0.4 is 4.74 Å². The molecule has 0 fully saturated rings. The van der Waals surface area contributed by atoms with E-state index < -0.39 is 46.9 Å². The number of aliphatic hydroxyl groups is 1. The fraction of sp³-hybridized carbons (Fsp3) is 0.444. The van der Waals surface area contributed by atoms with E-state index in [4.69, 9.17) is 9.84 Å². The first-order valence-corrected chi connectivity index (χ1v) is 11.7. The van der Waals surface area contributed by atoms with Crippen LogP contribution >= 0.6 is 0 Å². The number of aliphatic hydroxyl groups excluding tert-OH is 1. The monoisotopic (exact) mass is 503 g/mol. The number of carbonyl (C=O) groups is 3. The van der Waals surface area contributed by atoms with Crippen LogP contribution in [0.15, 0.2) is 30.3 Å². The molecule has 2 atom stereocenters. The van der Waals surface area contributed by atoms with Gasteiger partial charge in [0.05, 0.1) is 7.11 Å². The number of amides is 1. The van der Waals surface area contributed by atoms with E-state index in [2.05, 4.69) is 0 Å². The molecule has 2 aromatic rings. The van der Waals surface area contributed by atoms with Crippen molar-refractivity contribution in [3.63, 3.8) is 0 Å². The van der Waals surface area contributed by atoms with Crippen molar-refractivity contribution in [3.05, 3.63) is 64.2 Å². The first kappa shape index (κ1) is 27.3. The Labute approximate surface area is 208 Å². The Hall–Kier alpha value is -3.33. The number of Topliss-reactive ketones (excluding diaryl/α,β-unsaturated/α-hetero) is 1. The van der Waals surface area contributed by atoms with Crippen LogP contribution in [0, 0.1) is 11.6 Å². The molecule has 2 aromatic carbocycles. The summed E-state index contributed by atoms with van der Waals surface area (Å²) in [5, 5.41) is 18.5. The van der Waals surface area contributed by atoms with Crippen molar-refractivity contribution in [2.45, 2.75) is 64.0 Å². The van der Waals surface area contributed by atoms with Gasteiger partial charge >= 0.3 is 5.97 Å². The quantitative estimate of drug-likeness (QED) is 0.569. The van der Waals surface area contributed by atoms with E-state index in [1.165, 1.54) is 12.0 Å². The lowest BCUT2D eigenvalue weighted by Gasteiger charge is -2.37. The van der Waals surface area contributed by atoms with Crippen LogP contribution in [0.3, 0.4) is 0 Å². The van der Waals surface area contributed by atoms with Gasteiger partial charge in [-0.1, -0.05) is 26.8 Å². The van der Waals surface area contributed by atoms with Crippen molar-refractivity contribution >= 4 is 17.7 Å². The number of ketones is 1. The highest BCUT2D eigenvalue weighted by atomic mass is 19.1. The van der Waals surface area contributed by atoms with Crippen LogP contribution in [0.25, 0.3) is 0 Å². The predicted molar refractivity (Wildman–Crippen MR) is 128 cm³/mol. The van der Waals surface area contributed by atoms with Crippen LogP contribution in [-0.2, 0) is 32.6 Å². The number of benzene rings is 2.